The Morgan fingerprint density at radius 3 is 2.26 bits per heavy atom. The van der Waals surface area contributed by atoms with Gasteiger partial charge in [0.05, 0.1) is 38.1 Å². The lowest BCUT2D eigenvalue weighted by molar-refractivity contribution is -0.119. The van der Waals surface area contributed by atoms with Crippen molar-refractivity contribution in [3.63, 3.8) is 0 Å². The number of methoxy groups -OCH3 is 3. The number of rotatable bonds is 10. The first-order valence-electron chi connectivity index (χ1n) is 10.2. The Labute approximate surface area is 198 Å². The fourth-order valence-corrected chi connectivity index (χ4v) is 4.58. The SMILES string of the molecule is COc1ccc(N(CC(=O)N/N=C\c2ccccc2OC)S(=O)(=O)c2ccccc2)c(OC)c1. The number of hydrogen-bond acceptors (Lipinski definition) is 7. The molecule has 0 radical (unpaired) electrons. The molecule has 3 aromatic rings. The molecule has 0 aliphatic rings. The van der Waals surface area contributed by atoms with Crippen LogP contribution in [-0.4, -0.2) is 48.4 Å². The van der Waals surface area contributed by atoms with Crippen LogP contribution in [0.3, 0.4) is 0 Å². The first-order valence-corrected chi connectivity index (χ1v) is 11.6. The molecule has 0 atom stereocenters. The number of hydrazone groups is 1. The second-order valence-corrected chi connectivity index (χ2v) is 8.76. The molecule has 3 rings (SSSR count). The van der Waals surface area contributed by atoms with Crippen LogP contribution >= 0.6 is 0 Å². The molecule has 0 spiro atoms. The van der Waals surface area contributed by atoms with Crippen LogP contribution in [0.2, 0.25) is 0 Å². The number of nitrogens with one attached hydrogen (secondary N) is 1. The molecule has 9 nitrogen and oxygen atoms in total. The largest absolute Gasteiger partial charge is 0.497 e. The summed E-state index contributed by atoms with van der Waals surface area (Å²) < 4.78 is 43.7. The number of anilines is 1. The maximum absolute atomic E-state index is 13.5. The lowest BCUT2D eigenvalue weighted by Crippen LogP contribution is -2.39. The minimum absolute atomic E-state index is 0.0261. The fraction of sp³-hybridized carbons (Fsp3) is 0.167. The van der Waals surface area contributed by atoms with Crippen molar-refractivity contribution in [1.82, 2.24) is 5.43 Å². The number of benzene rings is 3. The highest BCUT2D eigenvalue weighted by molar-refractivity contribution is 7.92. The van der Waals surface area contributed by atoms with Crippen LogP contribution in [0.1, 0.15) is 5.56 Å². The third-order valence-corrected chi connectivity index (χ3v) is 6.58. The van der Waals surface area contributed by atoms with Crippen molar-refractivity contribution in [3.05, 3.63) is 78.4 Å². The molecule has 10 heteroatoms. The summed E-state index contributed by atoms with van der Waals surface area (Å²) in [4.78, 5) is 12.8. The van der Waals surface area contributed by atoms with E-state index in [-0.39, 0.29) is 16.3 Å². The molecule has 1 N–H and O–H groups in total. The van der Waals surface area contributed by atoms with Gasteiger partial charge in [0.15, 0.2) is 0 Å². The van der Waals surface area contributed by atoms with Gasteiger partial charge in [-0.2, -0.15) is 5.10 Å². The highest BCUT2D eigenvalue weighted by atomic mass is 32.2. The molecule has 0 bridgehead atoms. The Morgan fingerprint density at radius 2 is 1.59 bits per heavy atom. The molecule has 0 saturated carbocycles. The second-order valence-electron chi connectivity index (χ2n) is 6.90. The van der Waals surface area contributed by atoms with Crippen LogP contribution < -0.4 is 23.9 Å². The first-order chi connectivity index (χ1) is 16.4. The Balaban J connectivity index is 1.92. The van der Waals surface area contributed by atoms with E-state index < -0.39 is 22.5 Å². The summed E-state index contributed by atoms with van der Waals surface area (Å²) in [6.45, 7) is -0.539. The minimum atomic E-state index is -4.11. The maximum atomic E-state index is 13.5. The van der Waals surface area contributed by atoms with Crippen LogP contribution in [0.25, 0.3) is 0 Å². The summed E-state index contributed by atoms with van der Waals surface area (Å²) in [7, 11) is 0.310. The topological polar surface area (TPSA) is 107 Å². The molecule has 1 amide bonds. The van der Waals surface area contributed by atoms with Crippen molar-refractivity contribution in [3.8, 4) is 17.2 Å². The molecule has 0 aliphatic heterocycles. The number of ether oxygens (including phenoxy) is 3. The van der Waals surface area contributed by atoms with E-state index in [2.05, 4.69) is 10.5 Å². The van der Waals surface area contributed by atoms with Gasteiger partial charge in [-0.15, -0.1) is 0 Å². The number of carbonyl (C=O) groups excluding carboxylic acids is 1. The number of hydrogen-bond donors (Lipinski definition) is 1. The summed E-state index contributed by atoms with van der Waals surface area (Å²) in [5.74, 6) is 0.632. The Morgan fingerprint density at radius 1 is 0.912 bits per heavy atom. The number of sulfonamides is 1. The van der Waals surface area contributed by atoms with E-state index in [0.29, 0.717) is 17.1 Å². The van der Waals surface area contributed by atoms with Gasteiger partial charge in [0.1, 0.15) is 23.8 Å². The molecule has 3 aromatic carbocycles. The molecule has 0 heterocycles. The van der Waals surface area contributed by atoms with E-state index in [1.165, 1.54) is 45.7 Å². The van der Waals surface area contributed by atoms with Gasteiger partial charge in [0.2, 0.25) is 0 Å². The van der Waals surface area contributed by atoms with E-state index in [9.17, 15) is 13.2 Å². The van der Waals surface area contributed by atoms with E-state index in [4.69, 9.17) is 14.2 Å². The standard InChI is InChI=1S/C24H25N3O6S/c1-31-19-13-14-21(23(15-19)33-3)27(34(29,30)20-10-5-4-6-11-20)17-24(28)26-25-16-18-9-7-8-12-22(18)32-2/h4-16H,17H2,1-3H3,(H,26,28)/b25-16-. The van der Waals surface area contributed by atoms with Crippen LogP contribution in [0, 0.1) is 0 Å². The molecule has 0 saturated heterocycles. The summed E-state index contributed by atoms with van der Waals surface area (Å²) in [6.07, 6.45) is 1.42. The Bertz CT molecular complexity index is 1260. The zero-order valence-corrected chi connectivity index (χ0v) is 19.8. The second kappa shape index (κ2) is 11.2. The average Bonchev–Trinajstić information content (AvgIpc) is 2.87. The molecular formula is C24H25N3O6S. The van der Waals surface area contributed by atoms with E-state index in [1.807, 2.05) is 6.07 Å². The molecular weight excluding hydrogens is 458 g/mol. The summed E-state index contributed by atoms with van der Waals surface area (Å²) >= 11 is 0. The average molecular weight is 484 g/mol. The van der Waals surface area contributed by atoms with Crippen molar-refractivity contribution in [1.29, 1.82) is 0 Å². The van der Waals surface area contributed by atoms with Crippen molar-refractivity contribution in [2.24, 2.45) is 5.10 Å². The monoisotopic (exact) mass is 483 g/mol. The summed E-state index contributed by atoms with van der Waals surface area (Å²) in [6, 6.07) is 19.6. The minimum Gasteiger partial charge on any atom is -0.497 e. The first kappa shape index (κ1) is 24.6. The third-order valence-electron chi connectivity index (χ3n) is 4.81. The third kappa shape index (κ3) is 5.65. The van der Waals surface area contributed by atoms with Gasteiger partial charge in [-0.1, -0.05) is 30.3 Å². The van der Waals surface area contributed by atoms with Crippen molar-refractivity contribution < 1.29 is 27.4 Å². The summed E-state index contributed by atoms with van der Waals surface area (Å²) in [5, 5.41) is 3.94. The van der Waals surface area contributed by atoms with Crippen molar-refractivity contribution in [2.75, 3.05) is 32.2 Å². The van der Waals surface area contributed by atoms with Crippen LogP contribution in [0.15, 0.2) is 82.8 Å². The van der Waals surface area contributed by atoms with E-state index in [0.717, 1.165) is 4.31 Å². The quantitative estimate of drug-likeness (QED) is 0.351. The van der Waals surface area contributed by atoms with Gasteiger partial charge in [-0.25, -0.2) is 13.8 Å². The van der Waals surface area contributed by atoms with Crippen molar-refractivity contribution >= 4 is 27.8 Å². The number of carbonyl (C=O) groups is 1. The Hall–Kier alpha value is -4.05. The molecule has 0 aliphatic carbocycles. The van der Waals surface area contributed by atoms with Gasteiger partial charge >= 0.3 is 0 Å². The molecule has 178 valence electrons. The zero-order valence-electron chi connectivity index (χ0n) is 19.0. The fourth-order valence-electron chi connectivity index (χ4n) is 3.12. The predicted molar refractivity (Wildman–Crippen MR) is 129 cm³/mol. The van der Waals surface area contributed by atoms with Crippen LogP contribution in [0.4, 0.5) is 5.69 Å². The molecule has 34 heavy (non-hydrogen) atoms. The maximum Gasteiger partial charge on any atom is 0.264 e. The van der Waals surface area contributed by atoms with Gasteiger partial charge in [-0.05, 0) is 36.4 Å². The number of amides is 1. The molecule has 0 aromatic heterocycles. The lowest BCUT2D eigenvalue weighted by Gasteiger charge is -2.25. The molecule has 0 unspecified atom stereocenters. The predicted octanol–water partition coefficient (Wildman–Crippen LogP) is 3.06. The van der Waals surface area contributed by atoms with Crippen LogP contribution in [0.5, 0.6) is 17.2 Å². The van der Waals surface area contributed by atoms with E-state index in [1.54, 1.807) is 48.5 Å². The Kier molecular flexibility index (Phi) is 8.10. The highest BCUT2D eigenvalue weighted by Crippen LogP contribution is 2.35. The van der Waals surface area contributed by atoms with Gasteiger partial charge in [0, 0.05) is 11.6 Å². The molecule has 0 fully saturated rings. The smallest absolute Gasteiger partial charge is 0.264 e. The zero-order chi connectivity index (χ0) is 24.6. The van der Waals surface area contributed by atoms with Gasteiger partial charge in [-0.3, -0.25) is 9.10 Å². The van der Waals surface area contributed by atoms with Crippen LogP contribution in [-0.2, 0) is 14.8 Å². The normalized spacial score (nSPS) is 11.1. The number of nitrogens with zero attached hydrogens (tertiary/aromatic N) is 2. The highest BCUT2D eigenvalue weighted by Gasteiger charge is 2.29. The van der Waals surface area contributed by atoms with Gasteiger partial charge in [0.25, 0.3) is 15.9 Å². The van der Waals surface area contributed by atoms with E-state index >= 15 is 0 Å². The van der Waals surface area contributed by atoms with Crippen molar-refractivity contribution in [2.45, 2.75) is 4.90 Å². The summed E-state index contributed by atoms with van der Waals surface area (Å²) in [5.41, 5.74) is 3.20. The van der Waals surface area contributed by atoms with Gasteiger partial charge < -0.3 is 14.2 Å². The lowest BCUT2D eigenvalue weighted by atomic mass is 10.2. The number of para-hydroxylation sites is 1.